The van der Waals surface area contributed by atoms with Gasteiger partial charge in [-0.1, -0.05) is 0 Å². The molecule has 0 aliphatic heterocycles. The van der Waals surface area contributed by atoms with Crippen molar-refractivity contribution in [1.82, 2.24) is 10.3 Å². The zero-order valence-electron chi connectivity index (χ0n) is 16.6. The van der Waals surface area contributed by atoms with Crippen LogP contribution in [0.4, 0.5) is 4.39 Å². The monoisotopic (exact) mass is 410 g/mol. The van der Waals surface area contributed by atoms with E-state index in [0.29, 0.717) is 29.7 Å². The lowest BCUT2D eigenvalue weighted by Gasteiger charge is -2.35. The number of nitrogens with one attached hydrogen (secondary N) is 1. The Balaban J connectivity index is 1.48. The largest absolute Gasteiger partial charge is 0.490 e. The van der Waals surface area contributed by atoms with Gasteiger partial charge in [0.15, 0.2) is 11.6 Å². The summed E-state index contributed by atoms with van der Waals surface area (Å²) >= 11 is 1.34. The summed E-state index contributed by atoms with van der Waals surface area (Å²) in [7, 11) is 0. The molecule has 8 heteroatoms. The fraction of sp³-hybridized carbons (Fsp3) is 0.600. The molecule has 1 aromatic heterocycles. The van der Waals surface area contributed by atoms with Crippen molar-refractivity contribution in [2.75, 3.05) is 13.2 Å². The highest BCUT2D eigenvalue weighted by atomic mass is 32.1. The van der Waals surface area contributed by atoms with Crippen molar-refractivity contribution >= 4 is 27.5 Å². The number of benzene rings is 1. The number of amides is 1. The van der Waals surface area contributed by atoms with E-state index in [2.05, 4.69) is 10.3 Å². The molecule has 1 fully saturated rings. The van der Waals surface area contributed by atoms with Crippen LogP contribution in [0.1, 0.15) is 45.5 Å². The summed E-state index contributed by atoms with van der Waals surface area (Å²) in [6.45, 7) is 7.62. The highest BCUT2D eigenvalue weighted by molar-refractivity contribution is 7.18. The fourth-order valence-corrected chi connectivity index (χ4v) is 4.10. The minimum Gasteiger partial charge on any atom is -0.490 e. The number of hydrogen-bond acceptors (Lipinski definition) is 6. The molecule has 154 valence electrons. The van der Waals surface area contributed by atoms with Gasteiger partial charge in [0.1, 0.15) is 10.6 Å². The van der Waals surface area contributed by atoms with Crippen molar-refractivity contribution in [2.45, 2.75) is 58.3 Å². The van der Waals surface area contributed by atoms with E-state index >= 15 is 0 Å². The number of carbonyl (C=O) groups is 1. The predicted molar refractivity (Wildman–Crippen MR) is 106 cm³/mol. The number of halogens is 1. The first-order chi connectivity index (χ1) is 13.1. The number of rotatable bonds is 8. The number of aromatic nitrogens is 1. The van der Waals surface area contributed by atoms with Gasteiger partial charge in [0.2, 0.25) is 5.91 Å². The van der Waals surface area contributed by atoms with Crippen LogP contribution >= 0.6 is 11.3 Å². The second-order valence-electron chi connectivity index (χ2n) is 8.03. The average molecular weight is 411 g/mol. The van der Waals surface area contributed by atoms with Crippen LogP contribution in [-0.4, -0.2) is 41.4 Å². The Morgan fingerprint density at radius 3 is 2.82 bits per heavy atom. The first kappa shape index (κ1) is 21.0. The van der Waals surface area contributed by atoms with Gasteiger partial charge in [-0.3, -0.25) is 4.79 Å². The first-order valence-electron chi connectivity index (χ1n) is 9.46. The Labute approximate surface area is 168 Å². The van der Waals surface area contributed by atoms with Crippen molar-refractivity contribution in [2.24, 2.45) is 5.92 Å². The molecular weight excluding hydrogens is 383 g/mol. The molecule has 1 aromatic carbocycles. The summed E-state index contributed by atoms with van der Waals surface area (Å²) in [5.74, 6) is 0.0219. The van der Waals surface area contributed by atoms with Gasteiger partial charge in [-0.2, -0.15) is 0 Å². The second-order valence-corrected chi connectivity index (χ2v) is 9.06. The van der Waals surface area contributed by atoms with E-state index in [9.17, 15) is 14.3 Å². The van der Waals surface area contributed by atoms with Crippen molar-refractivity contribution in [3.8, 4) is 5.75 Å². The van der Waals surface area contributed by atoms with Gasteiger partial charge < -0.3 is 19.9 Å². The van der Waals surface area contributed by atoms with Crippen LogP contribution in [0.2, 0.25) is 0 Å². The topological polar surface area (TPSA) is 80.7 Å². The van der Waals surface area contributed by atoms with Gasteiger partial charge in [-0.15, -0.1) is 11.3 Å². The van der Waals surface area contributed by atoms with E-state index < -0.39 is 11.4 Å². The molecule has 1 aliphatic carbocycles. The lowest BCUT2D eigenvalue weighted by molar-refractivity contribution is -0.120. The van der Waals surface area contributed by atoms with E-state index in [-0.39, 0.29) is 23.8 Å². The Morgan fingerprint density at radius 2 is 2.18 bits per heavy atom. The van der Waals surface area contributed by atoms with Crippen LogP contribution in [0.15, 0.2) is 12.1 Å². The second kappa shape index (κ2) is 8.31. The normalized spacial score (nSPS) is 20.6. The molecule has 2 N–H and O–H groups in total. The van der Waals surface area contributed by atoms with Crippen LogP contribution in [-0.2, 0) is 15.1 Å². The number of aliphatic hydroxyl groups is 1. The lowest BCUT2D eigenvalue weighted by Crippen LogP contribution is -2.40. The first-order valence-corrected chi connectivity index (χ1v) is 10.3. The molecule has 1 atom stereocenters. The summed E-state index contributed by atoms with van der Waals surface area (Å²) in [4.78, 5) is 15.3. The number of carbonyl (C=O) groups excluding carboxylic acids is 1. The summed E-state index contributed by atoms with van der Waals surface area (Å²) in [6, 6.07) is 2.99. The molecule has 0 spiro atoms. The third-order valence-electron chi connectivity index (χ3n) is 4.66. The minimum atomic E-state index is -1.06. The summed E-state index contributed by atoms with van der Waals surface area (Å²) in [6.07, 6.45) is 1.88. The van der Waals surface area contributed by atoms with Crippen LogP contribution in [0, 0.1) is 11.7 Å². The number of fused-ring (bicyclic) bond motifs is 1. The Kier molecular flexibility index (Phi) is 6.21. The van der Waals surface area contributed by atoms with E-state index in [0.717, 1.165) is 17.5 Å². The van der Waals surface area contributed by atoms with Gasteiger partial charge in [-0.05, 0) is 39.5 Å². The lowest BCUT2D eigenvalue weighted by atomic mass is 9.83. The van der Waals surface area contributed by atoms with Crippen LogP contribution in [0.3, 0.4) is 0 Å². The smallest absolute Gasteiger partial charge is 0.217 e. The third-order valence-corrected chi connectivity index (χ3v) is 6.00. The highest BCUT2D eigenvalue weighted by Crippen LogP contribution is 2.35. The van der Waals surface area contributed by atoms with E-state index in [1.165, 1.54) is 24.3 Å². The molecule has 1 aliphatic rings. The molecule has 0 unspecified atom stereocenters. The zero-order chi connectivity index (χ0) is 20.5. The van der Waals surface area contributed by atoms with Crippen LogP contribution < -0.4 is 10.1 Å². The average Bonchev–Trinajstić information content (AvgIpc) is 2.95. The van der Waals surface area contributed by atoms with Crippen molar-refractivity contribution in [3.63, 3.8) is 0 Å². The summed E-state index contributed by atoms with van der Waals surface area (Å²) in [5.41, 5.74) is -0.531. The van der Waals surface area contributed by atoms with Gasteiger partial charge in [0.05, 0.1) is 29.5 Å². The third kappa shape index (κ3) is 5.18. The Morgan fingerprint density at radius 1 is 1.46 bits per heavy atom. The van der Waals surface area contributed by atoms with Crippen molar-refractivity contribution in [1.29, 1.82) is 0 Å². The van der Waals surface area contributed by atoms with E-state index in [1.54, 1.807) is 19.9 Å². The maximum atomic E-state index is 14.3. The molecule has 28 heavy (non-hydrogen) atoms. The summed E-state index contributed by atoms with van der Waals surface area (Å²) in [5, 5.41) is 13.4. The molecular formula is C20H27FN2O4S. The molecule has 1 saturated carbocycles. The van der Waals surface area contributed by atoms with E-state index in [1.807, 2.05) is 6.92 Å². The number of nitrogens with zero attached hydrogens (tertiary/aromatic N) is 1. The van der Waals surface area contributed by atoms with Gasteiger partial charge in [0, 0.05) is 25.1 Å². The molecule has 0 saturated heterocycles. The molecule has 6 nitrogen and oxygen atoms in total. The van der Waals surface area contributed by atoms with Gasteiger partial charge >= 0.3 is 0 Å². The molecule has 1 amide bonds. The zero-order valence-corrected chi connectivity index (χ0v) is 17.4. The van der Waals surface area contributed by atoms with Crippen LogP contribution in [0.5, 0.6) is 5.75 Å². The Hall–Kier alpha value is -1.77. The molecule has 3 rings (SSSR count). The maximum absolute atomic E-state index is 14.3. The highest BCUT2D eigenvalue weighted by Gasteiger charge is 2.31. The molecule has 2 aromatic rings. The summed E-state index contributed by atoms with van der Waals surface area (Å²) < 4.78 is 26.6. The van der Waals surface area contributed by atoms with E-state index in [4.69, 9.17) is 9.47 Å². The molecule has 1 heterocycles. The number of ether oxygens (including phenoxy) is 2. The molecule has 0 bridgehead atoms. The predicted octanol–water partition coefficient (Wildman–Crippen LogP) is 3.36. The number of hydrogen-bond donors (Lipinski definition) is 2. The Bertz CT molecular complexity index is 843. The minimum absolute atomic E-state index is 0.0122. The fourth-order valence-electron chi connectivity index (χ4n) is 3.13. The standard InChI is InChI=1S/C20H27FN2O4S/c1-11(22-12(2)24)9-26-14-5-13(6-14)10-27-17-8-18-16(7-15(17)21)23-19(28-18)20(3,4)25/h7-8,11,13-14,25H,5-6,9-10H2,1-4H3,(H,22,24)/t11-,13-,14-/m0/s1. The van der Waals surface area contributed by atoms with Gasteiger partial charge in [0.25, 0.3) is 0 Å². The van der Waals surface area contributed by atoms with Crippen molar-refractivity contribution < 1.29 is 23.8 Å². The maximum Gasteiger partial charge on any atom is 0.217 e. The number of thiazole rings is 1. The SMILES string of the molecule is CC(=O)N[C@@H](C)CO[C@H]1C[C@H](COc2cc3sc(C(C)(C)O)nc3cc2F)C1. The van der Waals surface area contributed by atoms with Crippen molar-refractivity contribution in [3.05, 3.63) is 23.0 Å². The molecule has 0 radical (unpaired) electrons. The van der Waals surface area contributed by atoms with Gasteiger partial charge in [-0.25, -0.2) is 9.37 Å². The van der Waals surface area contributed by atoms with Crippen LogP contribution in [0.25, 0.3) is 10.2 Å². The quantitative estimate of drug-likeness (QED) is 0.698.